The Bertz CT molecular complexity index is 919. The van der Waals surface area contributed by atoms with Crippen molar-refractivity contribution in [1.29, 1.82) is 0 Å². The zero-order valence-electron chi connectivity index (χ0n) is 11.8. The Balaban J connectivity index is 2.44. The molecule has 0 unspecified atom stereocenters. The van der Waals surface area contributed by atoms with Crippen LogP contribution in [-0.4, -0.2) is 25.6 Å². The number of fused-ring (bicyclic) bond motifs is 1. The van der Waals surface area contributed by atoms with Crippen LogP contribution in [0.15, 0.2) is 24.3 Å². The van der Waals surface area contributed by atoms with Crippen LogP contribution in [0, 0.1) is 13.8 Å². The molecule has 0 bridgehead atoms. The minimum atomic E-state index is -1.22. The molecule has 0 aliphatic heterocycles. The number of rotatable bonds is 2. The molecule has 0 radical (unpaired) electrons. The first-order chi connectivity index (χ1) is 10.4. The predicted molar refractivity (Wildman–Crippen MR) is 85.3 cm³/mol. The zero-order chi connectivity index (χ0) is 16.0. The van der Waals surface area contributed by atoms with E-state index in [2.05, 4.69) is 9.97 Å². The highest BCUT2D eigenvalue weighted by Gasteiger charge is 2.20. The molecule has 1 N–H and O–H groups in total. The lowest BCUT2D eigenvalue weighted by atomic mass is 10.2. The average molecular weight is 336 g/mol. The van der Waals surface area contributed by atoms with E-state index >= 15 is 0 Å². The fourth-order valence-electron chi connectivity index (χ4n) is 2.44. The summed E-state index contributed by atoms with van der Waals surface area (Å²) in [5.74, 6) is -1.56. The fraction of sp³-hybridized carbons (Fsp3) is 0.133. The second-order valence-electron chi connectivity index (χ2n) is 4.87. The van der Waals surface area contributed by atoms with E-state index in [0.29, 0.717) is 16.1 Å². The van der Waals surface area contributed by atoms with Gasteiger partial charge in [0.2, 0.25) is 5.82 Å². The van der Waals surface area contributed by atoms with Crippen LogP contribution in [0.4, 0.5) is 0 Å². The monoisotopic (exact) mass is 335 g/mol. The summed E-state index contributed by atoms with van der Waals surface area (Å²) in [6.45, 7) is 3.81. The van der Waals surface area contributed by atoms with Gasteiger partial charge in [-0.05, 0) is 37.6 Å². The van der Waals surface area contributed by atoms with E-state index in [-0.39, 0.29) is 11.0 Å². The molecule has 0 aliphatic carbocycles. The summed E-state index contributed by atoms with van der Waals surface area (Å²) in [6, 6.07) is 7.24. The van der Waals surface area contributed by atoms with Crippen LogP contribution in [0.2, 0.25) is 10.2 Å². The van der Waals surface area contributed by atoms with Crippen LogP contribution in [0.25, 0.3) is 16.7 Å². The number of benzene rings is 1. The summed E-state index contributed by atoms with van der Waals surface area (Å²) in [6.07, 6.45) is 0. The molecule has 7 heteroatoms. The SMILES string of the molecule is Cc1c(C)n(-c2cccc(Cl)c2)c2nc(C(=O)O)nc(Cl)c12. The maximum atomic E-state index is 11.2. The molecule has 0 atom stereocenters. The van der Waals surface area contributed by atoms with Crippen molar-refractivity contribution in [2.45, 2.75) is 13.8 Å². The molecule has 2 aromatic heterocycles. The summed E-state index contributed by atoms with van der Waals surface area (Å²) in [7, 11) is 0. The van der Waals surface area contributed by atoms with Crippen molar-refractivity contribution in [3.63, 3.8) is 0 Å². The number of carboxylic acids is 1. The molecule has 22 heavy (non-hydrogen) atoms. The largest absolute Gasteiger partial charge is 0.475 e. The zero-order valence-corrected chi connectivity index (χ0v) is 13.3. The van der Waals surface area contributed by atoms with Gasteiger partial charge in [0.05, 0.1) is 5.39 Å². The third kappa shape index (κ3) is 2.23. The van der Waals surface area contributed by atoms with Gasteiger partial charge in [-0.3, -0.25) is 4.57 Å². The Kier molecular flexibility index (Phi) is 3.54. The maximum absolute atomic E-state index is 11.2. The highest BCUT2D eigenvalue weighted by Crippen LogP contribution is 2.32. The number of hydrogen-bond donors (Lipinski definition) is 1. The Morgan fingerprint density at radius 1 is 1.23 bits per heavy atom. The van der Waals surface area contributed by atoms with Crippen LogP contribution in [0.5, 0.6) is 0 Å². The van der Waals surface area contributed by atoms with Gasteiger partial charge in [-0.25, -0.2) is 14.8 Å². The van der Waals surface area contributed by atoms with Crippen molar-refractivity contribution in [2.24, 2.45) is 0 Å². The lowest BCUT2D eigenvalue weighted by Gasteiger charge is -2.08. The second-order valence-corrected chi connectivity index (χ2v) is 5.66. The van der Waals surface area contributed by atoms with Crippen LogP contribution in [-0.2, 0) is 0 Å². The number of hydrogen-bond acceptors (Lipinski definition) is 3. The van der Waals surface area contributed by atoms with Gasteiger partial charge in [-0.15, -0.1) is 0 Å². The summed E-state index contributed by atoms with van der Waals surface area (Å²) >= 11 is 12.2. The summed E-state index contributed by atoms with van der Waals surface area (Å²) < 4.78 is 1.83. The first-order valence-electron chi connectivity index (χ1n) is 6.44. The number of aromatic nitrogens is 3. The molecule has 0 spiro atoms. The van der Waals surface area contributed by atoms with E-state index in [9.17, 15) is 4.79 Å². The molecule has 5 nitrogen and oxygen atoms in total. The van der Waals surface area contributed by atoms with Gasteiger partial charge in [0.25, 0.3) is 0 Å². The van der Waals surface area contributed by atoms with Gasteiger partial charge in [0.1, 0.15) is 5.15 Å². The maximum Gasteiger partial charge on any atom is 0.374 e. The summed E-state index contributed by atoms with van der Waals surface area (Å²) in [5.41, 5.74) is 3.04. The Morgan fingerprint density at radius 3 is 2.59 bits per heavy atom. The normalized spacial score (nSPS) is 11.1. The van der Waals surface area contributed by atoms with E-state index in [1.54, 1.807) is 12.1 Å². The molecule has 0 fully saturated rings. The fourth-order valence-corrected chi connectivity index (χ4v) is 2.93. The number of aryl methyl sites for hydroxylation is 1. The van der Waals surface area contributed by atoms with Crippen molar-refractivity contribution >= 4 is 40.2 Å². The number of halogens is 2. The molecule has 0 saturated carbocycles. The van der Waals surface area contributed by atoms with Crippen molar-refractivity contribution in [1.82, 2.24) is 14.5 Å². The summed E-state index contributed by atoms with van der Waals surface area (Å²) in [5, 5.41) is 10.5. The molecule has 112 valence electrons. The third-order valence-corrected chi connectivity index (χ3v) is 4.08. The van der Waals surface area contributed by atoms with Gasteiger partial charge in [-0.2, -0.15) is 0 Å². The number of nitrogens with zero attached hydrogens (tertiary/aromatic N) is 3. The molecular weight excluding hydrogens is 325 g/mol. The van der Waals surface area contributed by atoms with Crippen molar-refractivity contribution in [3.05, 3.63) is 51.5 Å². The van der Waals surface area contributed by atoms with Crippen molar-refractivity contribution in [3.8, 4) is 5.69 Å². The van der Waals surface area contributed by atoms with Crippen molar-refractivity contribution < 1.29 is 9.90 Å². The molecule has 1 aromatic carbocycles. The number of carboxylic acid groups (broad SMARTS) is 1. The van der Waals surface area contributed by atoms with Gasteiger partial charge in [0.15, 0.2) is 5.65 Å². The Hall–Kier alpha value is -2.11. The number of carbonyl (C=O) groups is 1. The standard InChI is InChI=1S/C15H11Cl2N3O2/c1-7-8(2)20(10-5-3-4-9(16)6-10)14-11(7)12(17)18-13(19-14)15(21)22/h3-6H,1-2H3,(H,21,22). The topological polar surface area (TPSA) is 68.0 Å². The van der Waals surface area contributed by atoms with Crippen LogP contribution in [0.1, 0.15) is 21.9 Å². The minimum absolute atomic E-state index is 0.128. The first kappa shape index (κ1) is 14.8. The van der Waals surface area contributed by atoms with Crippen LogP contribution in [0.3, 0.4) is 0 Å². The van der Waals surface area contributed by atoms with E-state index in [0.717, 1.165) is 16.9 Å². The highest BCUT2D eigenvalue weighted by atomic mass is 35.5. The molecule has 0 aliphatic rings. The molecule has 3 rings (SSSR count). The number of aromatic carboxylic acids is 1. The average Bonchev–Trinajstić information content (AvgIpc) is 2.71. The lowest BCUT2D eigenvalue weighted by molar-refractivity contribution is 0.0684. The van der Waals surface area contributed by atoms with Gasteiger partial charge < -0.3 is 5.11 Å². The van der Waals surface area contributed by atoms with E-state index < -0.39 is 5.97 Å². The minimum Gasteiger partial charge on any atom is -0.475 e. The quantitative estimate of drug-likeness (QED) is 0.717. The Labute approximate surface area is 136 Å². The first-order valence-corrected chi connectivity index (χ1v) is 7.20. The van der Waals surface area contributed by atoms with Crippen LogP contribution >= 0.6 is 23.2 Å². The second kappa shape index (κ2) is 5.26. The lowest BCUT2D eigenvalue weighted by Crippen LogP contribution is -2.06. The van der Waals surface area contributed by atoms with Crippen molar-refractivity contribution in [2.75, 3.05) is 0 Å². The van der Waals surface area contributed by atoms with Crippen LogP contribution < -0.4 is 0 Å². The predicted octanol–water partition coefficient (Wildman–Crippen LogP) is 4.04. The molecule has 2 heterocycles. The molecule has 0 amide bonds. The van der Waals surface area contributed by atoms with Gasteiger partial charge in [0, 0.05) is 16.4 Å². The van der Waals surface area contributed by atoms with Gasteiger partial charge in [-0.1, -0.05) is 29.3 Å². The van der Waals surface area contributed by atoms with Gasteiger partial charge >= 0.3 is 5.97 Å². The molecule has 3 aromatic rings. The third-order valence-electron chi connectivity index (χ3n) is 3.57. The summed E-state index contributed by atoms with van der Waals surface area (Å²) in [4.78, 5) is 19.2. The van der Waals surface area contributed by atoms with E-state index in [1.165, 1.54) is 0 Å². The van der Waals surface area contributed by atoms with E-state index in [1.807, 2.05) is 30.5 Å². The highest BCUT2D eigenvalue weighted by molar-refractivity contribution is 6.34. The molecular formula is C15H11Cl2N3O2. The smallest absolute Gasteiger partial charge is 0.374 e. The van der Waals surface area contributed by atoms with E-state index in [4.69, 9.17) is 28.3 Å². The molecule has 0 saturated heterocycles. The Morgan fingerprint density at radius 2 is 1.95 bits per heavy atom.